The maximum Gasteiger partial charge on any atom is 0.124 e. The van der Waals surface area contributed by atoms with Crippen molar-refractivity contribution in [1.82, 2.24) is 10.2 Å². The van der Waals surface area contributed by atoms with Gasteiger partial charge in [-0.15, -0.1) is 11.3 Å². The van der Waals surface area contributed by atoms with Crippen LogP contribution in [0.2, 0.25) is 0 Å². The number of rotatable bonds is 3. The summed E-state index contributed by atoms with van der Waals surface area (Å²) in [7, 11) is 0. The molecule has 1 aliphatic heterocycles. The molecule has 1 aromatic heterocycles. The molecule has 0 bridgehead atoms. The normalized spacial score (nSPS) is 18.0. The number of benzene rings is 1. The van der Waals surface area contributed by atoms with Crippen LogP contribution in [0.1, 0.15) is 16.5 Å². The number of thiophene rings is 1. The first-order valence-electron chi connectivity index (χ1n) is 6.76. The van der Waals surface area contributed by atoms with Crippen molar-refractivity contribution in [3.05, 3.63) is 46.2 Å². The third kappa shape index (κ3) is 2.65. The third-order valence-corrected chi connectivity index (χ3v) is 4.56. The first-order valence-corrected chi connectivity index (χ1v) is 7.64. The fourth-order valence-corrected chi connectivity index (χ4v) is 3.56. The Kier molecular flexibility index (Phi) is 3.91. The van der Waals surface area contributed by atoms with Gasteiger partial charge in [0.25, 0.3) is 0 Å². The predicted octanol–water partition coefficient (Wildman–Crippen LogP) is 2.15. The zero-order chi connectivity index (χ0) is 13.9. The van der Waals surface area contributed by atoms with E-state index < -0.39 is 0 Å². The molecule has 1 atom stereocenters. The number of nitrogens with zero attached hydrogens (tertiary/aromatic N) is 1. The molecule has 3 N–H and O–H groups in total. The maximum atomic E-state index is 10.2. The minimum atomic E-state index is 0.0534. The Hall–Kier alpha value is -1.56. The standard InChI is InChI=1S/C15H18N2O2S/c18-11-3-4-12(13(19)10-11)15(14-2-1-9-20-14)17-7-5-16-6-8-17/h1-4,9-10,15-16,18-19H,5-8H2/t15-/m1/s1. The molecule has 3 rings (SSSR count). The van der Waals surface area contributed by atoms with Gasteiger partial charge >= 0.3 is 0 Å². The SMILES string of the molecule is Oc1ccc([C@H](c2cccs2)N2CCNCC2)c(O)c1. The molecule has 1 fully saturated rings. The topological polar surface area (TPSA) is 55.7 Å². The Morgan fingerprint density at radius 1 is 1.15 bits per heavy atom. The van der Waals surface area contributed by atoms with Crippen LogP contribution in [0.15, 0.2) is 35.7 Å². The quantitative estimate of drug-likeness (QED) is 0.811. The lowest BCUT2D eigenvalue weighted by molar-refractivity contribution is 0.198. The zero-order valence-corrected chi connectivity index (χ0v) is 11.9. The Bertz CT molecular complexity index is 565. The van der Waals surface area contributed by atoms with Crippen LogP contribution in [0.25, 0.3) is 0 Å². The third-order valence-electron chi connectivity index (χ3n) is 3.64. The van der Waals surface area contributed by atoms with Gasteiger partial charge in [-0.25, -0.2) is 0 Å². The molecule has 0 spiro atoms. The molecular weight excluding hydrogens is 272 g/mol. The highest BCUT2D eigenvalue weighted by molar-refractivity contribution is 7.10. The fourth-order valence-electron chi connectivity index (χ4n) is 2.68. The molecule has 0 aliphatic carbocycles. The second-order valence-electron chi connectivity index (χ2n) is 4.95. The first-order chi connectivity index (χ1) is 9.75. The highest BCUT2D eigenvalue weighted by Crippen LogP contribution is 2.37. The molecule has 20 heavy (non-hydrogen) atoms. The molecule has 1 aromatic carbocycles. The Morgan fingerprint density at radius 2 is 1.95 bits per heavy atom. The van der Waals surface area contributed by atoms with Crippen molar-refractivity contribution in [2.45, 2.75) is 6.04 Å². The van der Waals surface area contributed by atoms with Crippen molar-refractivity contribution in [2.24, 2.45) is 0 Å². The lowest BCUT2D eigenvalue weighted by Gasteiger charge is -2.35. The molecule has 2 aromatic rings. The number of piperazine rings is 1. The smallest absolute Gasteiger partial charge is 0.124 e. The van der Waals surface area contributed by atoms with Crippen LogP contribution < -0.4 is 5.32 Å². The van der Waals surface area contributed by atoms with Crippen LogP contribution in [0.5, 0.6) is 11.5 Å². The van der Waals surface area contributed by atoms with Gasteiger partial charge in [-0.2, -0.15) is 0 Å². The van der Waals surface area contributed by atoms with E-state index >= 15 is 0 Å². The number of phenolic OH excluding ortho intramolecular Hbond substituents is 2. The van der Waals surface area contributed by atoms with Crippen LogP contribution in [0.4, 0.5) is 0 Å². The van der Waals surface area contributed by atoms with Gasteiger partial charge in [0.2, 0.25) is 0 Å². The highest BCUT2D eigenvalue weighted by atomic mass is 32.1. The van der Waals surface area contributed by atoms with Gasteiger partial charge in [0.1, 0.15) is 11.5 Å². The molecule has 5 heteroatoms. The molecule has 1 aliphatic rings. The van der Waals surface area contributed by atoms with Gasteiger partial charge in [-0.1, -0.05) is 6.07 Å². The van der Waals surface area contributed by atoms with Crippen LogP contribution in [-0.4, -0.2) is 41.3 Å². The summed E-state index contributed by atoms with van der Waals surface area (Å²) < 4.78 is 0. The summed E-state index contributed by atoms with van der Waals surface area (Å²) >= 11 is 1.70. The Labute approximate surface area is 122 Å². The average Bonchev–Trinajstić information content (AvgIpc) is 2.97. The summed E-state index contributed by atoms with van der Waals surface area (Å²) in [5.74, 6) is 0.249. The molecule has 0 amide bonds. The monoisotopic (exact) mass is 290 g/mol. The van der Waals surface area contributed by atoms with Crippen molar-refractivity contribution >= 4 is 11.3 Å². The number of hydrogen-bond acceptors (Lipinski definition) is 5. The van der Waals surface area contributed by atoms with Crippen molar-refractivity contribution < 1.29 is 10.2 Å². The van der Waals surface area contributed by atoms with E-state index in [9.17, 15) is 10.2 Å². The summed E-state index contributed by atoms with van der Waals surface area (Å²) in [5.41, 5.74) is 0.854. The van der Waals surface area contributed by atoms with Crippen LogP contribution in [0, 0.1) is 0 Å². The van der Waals surface area contributed by atoms with Gasteiger partial charge in [-0.05, 0) is 23.6 Å². The van der Waals surface area contributed by atoms with Gasteiger partial charge in [0.05, 0.1) is 6.04 Å². The van der Waals surface area contributed by atoms with E-state index in [4.69, 9.17) is 0 Å². The predicted molar refractivity (Wildman–Crippen MR) is 80.4 cm³/mol. The summed E-state index contributed by atoms with van der Waals surface area (Å²) in [6, 6.07) is 9.06. The van der Waals surface area contributed by atoms with Crippen molar-refractivity contribution in [3.8, 4) is 11.5 Å². The molecule has 4 nitrogen and oxygen atoms in total. The highest BCUT2D eigenvalue weighted by Gasteiger charge is 2.26. The lowest BCUT2D eigenvalue weighted by atomic mass is 10.0. The zero-order valence-electron chi connectivity index (χ0n) is 11.1. The number of aromatic hydroxyl groups is 2. The maximum absolute atomic E-state index is 10.2. The molecule has 106 valence electrons. The van der Waals surface area contributed by atoms with Crippen LogP contribution >= 0.6 is 11.3 Å². The number of phenols is 2. The van der Waals surface area contributed by atoms with Crippen LogP contribution in [-0.2, 0) is 0 Å². The van der Waals surface area contributed by atoms with E-state index in [1.54, 1.807) is 17.4 Å². The van der Waals surface area contributed by atoms with E-state index in [1.807, 2.05) is 12.1 Å². The van der Waals surface area contributed by atoms with Crippen LogP contribution in [0.3, 0.4) is 0 Å². The second-order valence-corrected chi connectivity index (χ2v) is 5.93. The molecule has 0 unspecified atom stereocenters. The van der Waals surface area contributed by atoms with Gasteiger partial charge in [-0.3, -0.25) is 4.90 Å². The largest absolute Gasteiger partial charge is 0.508 e. The Balaban J connectivity index is 2.00. The molecule has 1 saturated heterocycles. The molecule has 0 saturated carbocycles. The summed E-state index contributed by atoms with van der Waals surface area (Å²) in [6.07, 6.45) is 0. The fraction of sp³-hybridized carbons (Fsp3) is 0.333. The summed E-state index contributed by atoms with van der Waals surface area (Å²) in [5, 5.41) is 25.1. The molecular formula is C15H18N2O2S. The van der Waals surface area contributed by atoms with E-state index in [2.05, 4.69) is 21.7 Å². The van der Waals surface area contributed by atoms with Crippen molar-refractivity contribution in [1.29, 1.82) is 0 Å². The van der Waals surface area contributed by atoms with Crippen molar-refractivity contribution in [3.63, 3.8) is 0 Å². The van der Waals surface area contributed by atoms with Gasteiger partial charge in [0.15, 0.2) is 0 Å². The summed E-state index contributed by atoms with van der Waals surface area (Å²) in [4.78, 5) is 3.59. The lowest BCUT2D eigenvalue weighted by Crippen LogP contribution is -2.45. The molecule has 2 heterocycles. The number of nitrogens with one attached hydrogen (secondary N) is 1. The second kappa shape index (κ2) is 5.83. The Morgan fingerprint density at radius 3 is 2.60 bits per heavy atom. The minimum absolute atomic E-state index is 0.0534. The van der Waals surface area contributed by atoms with Crippen molar-refractivity contribution in [2.75, 3.05) is 26.2 Å². The minimum Gasteiger partial charge on any atom is -0.508 e. The van der Waals surface area contributed by atoms with Gasteiger partial charge in [0, 0.05) is 42.7 Å². The van der Waals surface area contributed by atoms with Gasteiger partial charge < -0.3 is 15.5 Å². The molecule has 0 radical (unpaired) electrons. The summed E-state index contributed by atoms with van der Waals surface area (Å²) in [6.45, 7) is 3.81. The van der Waals surface area contributed by atoms with E-state index in [-0.39, 0.29) is 17.5 Å². The van der Waals surface area contributed by atoms with E-state index in [0.29, 0.717) is 0 Å². The first kappa shape index (κ1) is 13.4. The van der Waals surface area contributed by atoms with E-state index in [1.165, 1.54) is 10.9 Å². The average molecular weight is 290 g/mol. The number of hydrogen-bond donors (Lipinski definition) is 3. The van der Waals surface area contributed by atoms with E-state index in [0.717, 1.165) is 31.7 Å².